The average Bonchev–Trinajstić information content (AvgIpc) is 3.46. The fraction of sp³-hybridized carbons (Fsp3) is 0.200. The second-order valence-corrected chi connectivity index (χ2v) is 8.86. The average molecular weight is 412 g/mol. The van der Waals surface area contributed by atoms with Crippen LogP contribution in [0, 0.1) is 5.82 Å². The fourth-order valence-corrected chi connectivity index (χ4v) is 5.31. The molecule has 4 heterocycles. The molecule has 4 aromatic rings. The highest BCUT2D eigenvalue weighted by Gasteiger charge is 2.35. The number of hydrogen-bond donors (Lipinski definition) is 0. The van der Waals surface area contributed by atoms with Crippen LogP contribution in [0.25, 0.3) is 22.6 Å². The van der Waals surface area contributed by atoms with Crippen LogP contribution < -0.4 is 0 Å². The molecule has 0 bridgehead atoms. The SMILES string of the molecule is O=S(=O)(c1cccc(F)c1)N1CC[C@@H](n2c(-c3ccoc3)nc3cccnc32)C1. The van der Waals surface area contributed by atoms with Crippen molar-refractivity contribution in [1.29, 1.82) is 0 Å². The molecule has 1 atom stereocenters. The standard InChI is InChI=1S/C20H17FN4O3S/c21-15-3-1-4-17(11-15)29(26,27)24-9-6-16(12-24)25-19(14-7-10-28-13-14)23-18-5-2-8-22-20(18)25/h1-5,7-8,10-11,13,16H,6,9,12H2/t16-/m1/s1. The first-order chi connectivity index (χ1) is 14.0. The van der Waals surface area contributed by atoms with Crippen LogP contribution in [0.2, 0.25) is 0 Å². The highest BCUT2D eigenvalue weighted by Crippen LogP contribution is 2.34. The number of imidazole rings is 1. The molecule has 1 aliphatic heterocycles. The molecule has 3 aromatic heterocycles. The lowest BCUT2D eigenvalue weighted by atomic mass is 10.2. The Morgan fingerprint density at radius 1 is 1.17 bits per heavy atom. The summed E-state index contributed by atoms with van der Waals surface area (Å²) in [6.07, 6.45) is 5.47. The molecule has 5 rings (SSSR count). The third-order valence-electron chi connectivity index (χ3n) is 5.15. The molecular weight excluding hydrogens is 395 g/mol. The molecule has 1 aliphatic rings. The van der Waals surface area contributed by atoms with Crippen LogP contribution >= 0.6 is 0 Å². The Morgan fingerprint density at radius 2 is 2.07 bits per heavy atom. The zero-order valence-corrected chi connectivity index (χ0v) is 16.1. The van der Waals surface area contributed by atoms with E-state index in [0.717, 1.165) is 17.1 Å². The molecule has 29 heavy (non-hydrogen) atoms. The van der Waals surface area contributed by atoms with Gasteiger partial charge in [0.05, 0.1) is 22.8 Å². The predicted octanol–water partition coefficient (Wildman–Crippen LogP) is 3.47. The maximum Gasteiger partial charge on any atom is 0.243 e. The summed E-state index contributed by atoms with van der Waals surface area (Å²) < 4.78 is 48.1. The van der Waals surface area contributed by atoms with Crippen molar-refractivity contribution in [3.8, 4) is 11.4 Å². The van der Waals surface area contributed by atoms with Crippen molar-refractivity contribution >= 4 is 21.2 Å². The summed E-state index contributed by atoms with van der Waals surface area (Å²) in [5, 5.41) is 0. The minimum Gasteiger partial charge on any atom is -0.472 e. The van der Waals surface area contributed by atoms with Crippen LogP contribution in [0.15, 0.2) is 70.5 Å². The Bertz CT molecular complexity index is 1280. The summed E-state index contributed by atoms with van der Waals surface area (Å²) >= 11 is 0. The number of pyridine rings is 1. The molecule has 1 aromatic carbocycles. The first kappa shape index (κ1) is 18.0. The van der Waals surface area contributed by atoms with E-state index in [1.54, 1.807) is 18.7 Å². The smallest absolute Gasteiger partial charge is 0.243 e. The topological polar surface area (TPSA) is 81.2 Å². The first-order valence-corrected chi connectivity index (χ1v) is 10.6. The van der Waals surface area contributed by atoms with Gasteiger partial charge in [-0.3, -0.25) is 0 Å². The molecule has 0 unspecified atom stereocenters. The zero-order chi connectivity index (χ0) is 20.0. The van der Waals surface area contributed by atoms with Gasteiger partial charge >= 0.3 is 0 Å². The Kier molecular flexibility index (Phi) is 4.21. The van der Waals surface area contributed by atoms with Gasteiger partial charge in [0.25, 0.3) is 0 Å². The number of nitrogens with zero attached hydrogens (tertiary/aromatic N) is 4. The van der Waals surface area contributed by atoms with E-state index in [9.17, 15) is 12.8 Å². The largest absolute Gasteiger partial charge is 0.472 e. The van der Waals surface area contributed by atoms with E-state index in [2.05, 4.69) is 9.97 Å². The summed E-state index contributed by atoms with van der Waals surface area (Å²) in [4.78, 5) is 9.11. The van der Waals surface area contributed by atoms with Gasteiger partial charge in [0.2, 0.25) is 10.0 Å². The Morgan fingerprint density at radius 3 is 2.86 bits per heavy atom. The maximum absolute atomic E-state index is 13.6. The van der Waals surface area contributed by atoms with Crippen molar-refractivity contribution in [2.24, 2.45) is 0 Å². The number of fused-ring (bicyclic) bond motifs is 1. The third-order valence-corrected chi connectivity index (χ3v) is 7.01. The molecule has 0 amide bonds. The van der Waals surface area contributed by atoms with Gasteiger partial charge in [-0.1, -0.05) is 6.07 Å². The van der Waals surface area contributed by atoms with E-state index < -0.39 is 15.8 Å². The molecule has 148 valence electrons. The number of furan rings is 1. The number of aromatic nitrogens is 3. The van der Waals surface area contributed by atoms with Crippen molar-refractivity contribution in [1.82, 2.24) is 18.8 Å². The van der Waals surface area contributed by atoms with E-state index in [1.807, 2.05) is 22.8 Å². The minimum absolute atomic E-state index is 0.0400. The first-order valence-electron chi connectivity index (χ1n) is 9.15. The Balaban J connectivity index is 1.54. The van der Waals surface area contributed by atoms with Crippen LogP contribution in [-0.4, -0.2) is 40.3 Å². The second-order valence-electron chi connectivity index (χ2n) is 6.93. The quantitative estimate of drug-likeness (QED) is 0.513. The summed E-state index contributed by atoms with van der Waals surface area (Å²) in [5.74, 6) is 0.108. The molecule has 0 saturated carbocycles. The van der Waals surface area contributed by atoms with Gasteiger partial charge in [0.1, 0.15) is 23.4 Å². The number of halogens is 1. The van der Waals surface area contributed by atoms with Crippen LogP contribution in [0.4, 0.5) is 4.39 Å². The van der Waals surface area contributed by atoms with Gasteiger partial charge in [-0.15, -0.1) is 0 Å². The van der Waals surface area contributed by atoms with Crippen LogP contribution in [0.5, 0.6) is 0 Å². The lowest BCUT2D eigenvalue weighted by Crippen LogP contribution is -2.29. The van der Waals surface area contributed by atoms with Crippen molar-refractivity contribution in [2.75, 3.05) is 13.1 Å². The van der Waals surface area contributed by atoms with E-state index in [-0.39, 0.29) is 17.5 Å². The van der Waals surface area contributed by atoms with Gasteiger partial charge in [-0.2, -0.15) is 4.31 Å². The second kappa shape index (κ2) is 6.78. The maximum atomic E-state index is 13.6. The van der Waals surface area contributed by atoms with Gasteiger partial charge in [-0.25, -0.2) is 22.8 Å². The van der Waals surface area contributed by atoms with Gasteiger partial charge in [0, 0.05) is 19.3 Å². The molecule has 0 aliphatic carbocycles. The Labute approximate surface area is 166 Å². The van der Waals surface area contributed by atoms with Crippen molar-refractivity contribution in [3.63, 3.8) is 0 Å². The van der Waals surface area contributed by atoms with E-state index in [0.29, 0.717) is 24.4 Å². The molecule has 1 saturated heterocycles. The number of benzene rings is 1. The number of rotatable bonds is 4. The van der Waals surface area contributed by atoms with Crippen molar-refractivity contribution < 1.29 is 17.2 Å². The highest BCUT2D eigenvalue weighted by atomic mass is 32.2. The monoisotopic (exact) mass is 412 g/mol. The number of sulfonamides is 1. The Hall–Kier alpha value is -3.04. The molecule has 7 nitrogen and oxygen atoms in total. The molecule has 0 N–H and O–H groups in total. The van der Waals surface area contributed by atoms with Crippen molar-refractivity contribution in [3.05, 3.63) is 67.0 Å². The molecule has 9 heteroatoms. The third kappa shape index (κ3) is 3.02. The highest BCUT2D eigenvalue weighted by molar-refractivity contribution is 7.89. The van der Waals surface area contributed by atoms with Crippen LogP contribution in [-0.2, 0) is 10.0 Å². The minimum atomic E-state index is -3.78. The van der Waals surface area contributed by atoms with Gasteiger partial charge in [0.15, 0.2) is 5.65 Å². The van der Waals surface area contributed by atoms with E-state index in [4.69, 9.17) is 4.42 Å². The van der Waals surface area contributed by atoms with Gasteiger partial charge in [-0.05, 0) is 42.8 Å². The molecule has 0 spiro atoms. The van der Waals surface area contributed by atoms with E-state index >= 15 is 0 Å². The summed E-state index contributed by atoms with van der Waals surface area (Å²) in [6.45, 7) is 0.590. The predicted molar refractivity (Wildman–Crippen MR) is 104 cm³/mol. The summed E-state index contributed by atoms with van der Waals surface area (Å²) in [6, 6.07) is 10.4. The van der Waals surface area contributed by atoms with Gasteiger partial charge < -0.3 is 8.98 Å². The van der Waals surface area contributed by atoms with Crippen molar-refractivity contribution in [2.45, 2.75) is 17.4 Å². The number of hydrogen-bond acceptors (Lipinski definition) is 5. The van der Waals surface area contributed by atoms with Crippen LogP contribution in [0.3, 0.4) is 0 Å². The summed E-state index contributed by atoms with van der Waals surface area (Å²) in [7, 11) is -3.78. The lowest BCUT2D eigenvalue weighted by Gasteiger charge is -2.18. The van der Waals surface area contributed by atoms with E-state index in [1.165, 1.54) is 22.5 Å². The molecule has 1 fully saturated rings. The molecular formula is C20H17FN4O3S. The normalized spacial score (nSPS) is 17.9. The van der Waals surface area contributed by atoms with Crippen LogP contribution in [0.1, 0.15) is 12.5 Å². The molecule has 0 radical (unpaired) electrons. The fourth-order valence-electron chi connectivity index (χ4n) is 3.79. The lowest BCUT2D eigenvalue weighted by molar-refractivity contribution is 0.454. The zero-order valence-electron chi connectivity index (χ0n) is 15.3. The summed E-state index contributed by atoms with van der Waals surface area (Å²) in [5.41, 5.74) is 2.23.